The monoisotopic (exact) mass is 286 g/mol. The summed E-state index contributed by atoms with van der Waals surface area (Å²) in [4.78, 5) is 18.1. The lowest BCUT2D eigenvalue weighted by Crippen LogP contribution is -2.31. The maximum atomic E-state index is 13.0. The summed E-state index contributed by atoms with van der Waals surface area (Å²) < 4.78 is 13.0. The quantitative estimate of drug-likeness (QED) is 0.920. The van der Waals surface area contributed by atoms with Gasteiger partial charge >= 0.3 is 0 Å². The lowest BCUT2D eigenvalue weighted by Gasteiger charge is -2.24. The minimum absolute atomic E-state index is 0.150. The van der Waals surface area contributed by atoms with Gasteiger partial charge in [-0.1, -0.05) is 12.1 Å². The molecular formula is C16H15FN2O2. The molecule has 0 spiro atoms. The average Bonchev–Trinajstić information content (AvgIpc) is 2.90. The molecule has 0 bridgehead atoms. The van der Waals surface area contributed by atoms with Crippen LogP contribution in [-0.4, -0.2) is 33.5 Å². The van der Waals surface area contributed by atoms with Crippen molar-refractivity contribution in [1.82, 2.24) is 9.88 Å². The first-order chi connectivity index (χ1) is 10.1. The Balaban J connectivity index is 1.89. The summed E-state index contributed by atoms with van der Waals surface area (Å²) in [7, 11) is 0. The zero-order valence-corrected chi connectivity index (χ0v) is 11.3. The van der Waals surface area contributed by atoms with Crippen LogP contribution in [0, 0.1) is 5.82 Å². The number of nitrogens with zero attached hydrogens (tertiary/aromatic N) is 2. The van der Waals surface area contributed by atoms with Crippen LogP contribution in [0.5, 0.6) is 0 Å². The Morgan fingerprint density at radius 1 is 1.19 bits per heavy atom. The van der Waals surface area contributed by atoms with Crippen molar-refractivity contribution < 1.29 is 14.3 Å². The van der Waals surface area contributed by atoms with Crippen LogP contribution in [0.25, 0.3) is 0 Å². The summed E-state index contributed by atoms with van der Waals surface area (Å²) in [5, 5.41) is 9.90. The van der Waals surface area contributed by atoms with Crippen molar-refractivity contribution >= 4 is 5.91 Å². The second-order valence-electron chi connectivity index (χ2n) is 5.15. The molecule has 1 N–H and O–H groups in total. The molecule has 1 saturated heterocycles. The van der Waals surface area contributed by atoms with Gasteiger partial charge in [0.05, 0.1) is 12.1 Å². The fourth-order valence-corrected chi connectivity index (χ4v) is 2.70. The lowest BCUT2D eigenvalue weighted by atomic mass is 10.0. The van der Waals surface area contributed by atoms with E-state index in [4.69, 9.17) is 0 Å². The molecule has 0 saturated carbocycles. The minimum Gasteiger partial charge on any atom is -0.391 e. The standard InChI is InChI=1S/C16H15FN2O2/c17-13-3-1-11(2-4-13)15-9-14(20)10-19(15)16(21)12-5-7-18-8-6-12/h1-8,14-15,20H,9-10H2/t14-,15-/m0/s1. The molecule has 0 radical (unpaired) electrons. The first-order valence-corrected chi connectivity index (χ1v) is 6.79. The van der Waals surface area contributed by atoms with Gasteiger partial charge in [0.25, 0.3) is 5.91 Å². The van der Waals surface area contributed by atoms with Crippen molar-refractivity contribution in [3.8, 4) is 0 Å². The minimum atomic E-state index is -0.564. The van der Waals surface area contributed by atoms with E-state index >= 15 is 0 Å². The second-order valence-corrected chi connectivity index (χ2v) is 5.15. The number of β-amino-alcohol motifs (C(OH)–C–C–N with tert-alkyl or cyclic N) is 1. The van der Waals surface area contributed by atoms with Crippen molar-refractivity contribution in [3.63, 3.8) is 0 Å². The highest BCUT2D eigenvalue weighted by atomic mass is 19.1. The number of aromatic nitrogens is 1. The van der Waals surface area contributed by atoms with Crippen LogP contribution in [0.4, 0.5) is 4.39 Å². The van der Waals surface area contributed by atoms with Crippen molar-refractivity contribution in [1.29, 1.82) is 0 Å². The van der Waals surface area contributed by atoms with Gasteiger partial charge in [-0.2, -0.15) is 0 Å². The van der Waals surface area contributed by atoms with E-state index in [9.17, 15) is 14.3 Å². The normalized spacial score (nSPS) is 21.5. The van der Waals surface area contributed by atoms with Crippen molar-refractivity contribution in [3.05, 3.63) is 65.7 Å². The third-order valence-electron chi connectivity index (χ3n) is 3.72. The Morgan fingerprint density at radius 2 is 1.86 bits per heavy atom. The first kappa shape index (κ1) is 13.7. The SMILES string of the molecule is O=C(c1ccncc1)N1C[C@@H](O)C[C@H]1c1ccc(F)cc1. The number of carbonyl (C=O) groups excluding carboxylic acids is 1. The molecule has 1 aliphatic heterocycles. The van der Waals surface area contributed by atoms with E-state index in [0.717, 1.165) is 5.56 Å². The number of amides is 1. The number of hydrogen-bond acceptors (Lipinski definition) is 3. The lowest BCUT2D eigenvalue weighted by molar-refractivity contribution is 0.0715. The van der Waals surface area contributed by atoms with E-state index in [1.165, 1.54) is 12.1 Å². The summed E-state index contributed by atoms with van der Waals surface area (Å²) in [5.74, 6) is -0.465. The van der Waals surface area contributed by atoms with Gasteiger partial charge in [0.2, 0.25) is 0 Å². The highest BCUT2D eigenvalue weighted by Crippen LogP contribution is 2.33. The van der Waals surface area contributed by atoms with Crippen LogP contribution in [0.2, 0.25) is 0 Å². The largest absolute Gasteiger partial charge is 0.391 e. The topological polar surface area (TPSA) is 53.4 Å². The van der Waals surface area contributed by atoms with E-state index < -0.39 is 6.10 Å². The zero-order valence-electron chi connectivity index (χ0n) is 11.3. The number of benzene rings is 1. The zero-order chi connectivity index (χ0) is 14.8. The fourth-order valence-electron chi connectivity index (χ4n) is 2.70. The van der Waals surface area contributed by atoms with E-state index in [2.05, 4.69) is 4.98 Å². The molecule has 1 aromatic carbocycles. The fraction of sp³-hybridized carbons (Fsp3) is 0.250. The average molecular weight is 286 g/mol. The Kier molecular flexibility index (Phi) is 3.66. The van der Waals surface area contributed by atoms with Crippen LogP contribution in [-0.2, 0) is 0 Å². The molecule has 1 aromatic heterocycles. The van der Waals surface area contributed by atoms with Gasteiger partial charge in [-0.3, -0.25) is 9.78 Å². The number of rotatable bonds is 2. The molecule has 4 nitrogen and oxygen atoms in total. The highest BCUT2D eigenvalue weighted by Gasteiger charge is 2.35. The van der Waals surface area contributed by atoms with Gasteiger partial charge in [0.1, 0.15) is 5.82 Å². The Labute approximate surface area is 121 Å². The van der Waals surface area contributed by atoms with Gasteiger partial charge in [0, 0.05) is 24.5 Å². The van der Waals surface area contributed by atoms with E-state index in [0.29, 0.717) is 12.0 Å². The maximum Gasteiger partial charge on any atom is 0.254 e. The number of likely N-dealkylation sites (tertiary alicyclic amines) is 1. The van der Waals surface area contributed by atoms with Crippen LogP contribution < -0.4 is 0 Å². The van der Waals surface area contributed by atoms with Gasteiger partial charge in [0.15, 0.2) is 0 Å². The molecule has 5 heteroatoms. The highest BCUT2D eigenvalue weighted by molar-refractivity contribution is 5.94. The summed E-state index contributed by atoms with van der Waals surface area (Å²) in [6.45, 7) is 0.281. The van der Waals surface area contributed by atoms with Gasteiger partial charge < -0.3 is 10.0 Å². The van der Waals surface area contributed by atoms with E-state index in [1.807, 2.05) is 0 Å². The summed E-state index contributed by atoms with van der Waals surface area (Å²) >= 11 is 0. The molecule has 1 fully saturated rings. The van der Waals surface area contributed by atoms with Crippen LogP contribution in [0.1, 0.15) is 28.4 Å². The van der Waals surface area contributed by atoms with Crippen molar-refractivity contribution in [2.45, 2.75) is 18.6 Å². The van der Waals surface area contributed by atoms with E-state index in [-0.39, 0.29) is 24.3 Å². The van der Waals surface area contributed by atoms with Crippen LogP contribution in [0.3, 0.4) is 0 Å². The van der Waals surface area contributed by atoms with Crippen LogP contribution >= 0.6 is 0 Å². The summed E-state index contributed by atoms with van der Waals surface area (Å²) in [5.41, 5.74) is 1.36. The number of carbonyl (C=O) groups is 1. The first-order valence-electron chi connectivity index (χ1n) is 6.79. The molecule has 2 heterocycles. The summed E-state index contributed by atoms with van der Waals surface area (Å²) in [6, 6.07) is 9.12. The number of pyridine rings is 1. The van der Waals surface area contributed by atoms with Crippen LogP contribution in [0.15, 0.2) is 48.8 Å². The molecule has 2 aromatic rings. The number of aliphatic hydroxyl groups is 1. The number of aliphatic hydroxyl groups excluding tert-OH is 1. The van der Waals surface area contributed by atoms with E-state index in [1.54, 1.807) is 41.6 Å². The Hall–Kier alpha value is -2.27. The number of hydrogen-bond donors (Lipinski definition) is 1. The second kappa shape index (κ2) is 5.61. The third kappa shape index (κ3) is 2.78. The molecule has 0 unspecified atom stereocenters. The van der Waals surface area contributed by atoms with Gasteiger partial charge in [-0.25, -0.2) is 4.39 Å². The molecule has 2 atom stereocenters. The predicted molar refractivity (Wildman–Crippen MR) is 75.0 cm³/mol. The maximum absolute atomic E-state index is 13.0. The molecule has 1 aliphatic rings. The van der Waals surface area contributed by atoms with Crippen molar-refractivity contribution in [2.75, 3.05) is 6.54 Å². The molecule has 0 aliphatic carbocycles. The third-order valence-corrected chi connectivity index (χ3v) is 3.72. The molecule has 1 amide bonds. The number of halogens is 1. The molecule has 108 valence electrons. The van der Waals surface area contributed by atoms with Gasteiger partial charge in [-0.15, -0.1) is 0 Å². The van der Waals surface area contributed by atoms with Gasteiger partial charge in [-0.05, 0) is 36.2 Å². The van der Waals surface area contributed by atoms with Crippen molar-refractivity contribution in [2.24, 2.45) is 0 Å². The smallest absolute Gasteiger partial charge is 0.254 e. The Bertz CT molecular complexity index is 630. The molecule has 21 heavy (non-hydrogen) atoms. The molecule has 3 rings (SSSR count). The predicted octanol–water partition coefficient (Wildman–Crippen LogP) is 2.17. The Morgan fingerprint density at radius 3 is 2.52 bits per heavy atom. The summed E-state index contributed by atoms with van der Waals surface area (Å²) in [6.07, 6.45) is 3.02. The molecular weight excluding hydrogens is 271 g/mol.